The Balaban J connectivity index is 1.80. The van der Waals surface area contributed by atoms with Crippen molar-refractivity contribution < 1.29 is 23.8 Å². The molecule has 4 rings (SSSR count). The lowest BCUT2D eigenvalue weighted by molar-refractivity contribution is -0.110. The summed E-state index contributed by atoms with van der Waals surface area (Å²) in [6.45, 7) is 12.0. The van der Waals surface area contributed by atoms with Gasteiger partial charge < -0.3 is 24.3 Å². The van der Waals surface area contributed by atoms with E-state index in [0.717, 1.165) is 51.4 Å². The molecule has 3 aromatic carbocycles. The molecular formula is C33H37N3O5. The summed E-state index contributed by atoms with van der Waals surface area (Å²) in [6, 6.07) is 16.7. The van der Waals surface area contributed by atoms with Gasteiger partial charge in [-0.25, -0.2) is 4.79 Å². The van der Waals surface area contributed by atoms with Crippen molar-refractivity contribution in [1.82, 2.24) is 5.01 Å². The summed E-state index contributed by atoms with van der Waals surface area (Å²) in [5, 5.41) is 7.49. The number of hydrogen-bond acceptors (Lipinski definition) is 8. The number of fused-ring (bicyclic) bond motifs is 1. The van der Waals surface area contributed by atoms with Gasteiger partial charge in [0, 0.05) is 24.2 Å². The highest BCUT2D eigenvalue weighted by Gasteiger charge is 2.33. The summed E-state index contributed by atoms with van der Waals surface area (Å²) >= 11 is 0. The molecule has 0 fully saturated rings. The molecule has 0 bridgehead atoms. The topological polar surface area (TPSA) is 80.3 Å². The number of esters is 1. The smallest absolute Gasteiger partial charge is 0.343 e. The molecule has 1 N–H and O–H groups in total. The summed E-state index contributed by atoms with van der Waals surface area (Å²) in [7, 11) is 5.19. The van der Waals surface area contributed by atoms with E-state index in [9.17, 15) is 9.59 Å². The summed E-state index contributed by atoms with van der Waals surface area (Å²) in [4.78, 5) is 24.6. The molecule has 1 heterocycles. The lowest BCUT2D eigenvalue weighted by atomic mass is 9.95. The second-order valence-electron chi connectivity index (χ2n) is 10.4. The van der Waals surface area contributed by atoms with Crippen LogP contribution in [0.1, 0.15) is 42.3 Å². The predicted molar refractivity (Wildman–Crippen MR) is 162 cm³/mol. The second kappa shape index (κ2) is 11.8. The van der Waals surface area contributed by atoms with Crippen molar-refractivity contribution in [2.45, 2.75) is 39.8 Å². The van der Waals surface area contributed by atoms with Crippen LogP contribution in [0.25, 0.3) is 11.1 Å². The second-order valence-corrected chi connectivity index (χ2v) is 10.4. The molecule has 8 nitrogen and oxygen atoms in total. The van der Waals surface area contributed by atoms with Crippen LogP contribution in [-0.4, -0.2) is 44.1 Å². The van der Waals surface area contributed by atoms with Crippen molar-refractivity contribution in [3.8, 4) is 22.6 Å². The zero-order valence-electron chi connectivity index (χ0n) is 24.7. The molecule has 41 heavy (non-hydrogen) atoms. The zero-order valence-corrected chi connectivity index (χ0v) is 24.7. The number of ether oxygens (including phenoxy) is 3. The Morgan fingerprint density at radius 1 is 1.07 bits per heavy atom. The summed E-state index contributed by atoms with van der Waals surface area (Å²) in [5.41, 5.74) is 5.92. The highest BCUT2D eigenvalue weighted by Crippen LogP contribution is 2.47. The highest BCUT2D eigenvalue weighted by atomic mass is 16.5. The first-order valence-corrected chi connectivity index (χ1v) is 13.3. The number of benzene rings is 3. The molecule has 0 amide bonds. The van der Waals surface area contributed by atoms with Gasteiger partial charge in [0.25, 0.3) is 0 Å². The lowest BCUT2D eigenvalue weighted by Crippen LogP contribution is -2.36. The van der Waals surface area contributed by atoms with Gasteiger partial charge >= 0.3 is 5.97 Å². The van der Waals surface area contributed by atoms with Gasteiger partial charge in [0.15, 0.2) is 0 Å². The first-order chi connectivity index (χ1) is 19.5. The Morgan fingerprint density at radius 3 is 2.41 bits per heavy atom. The fourth-order valence-electron chi connectivity index (χ4n) is 4.98. The van der Waals surface area contributed by atoms with Crippen LogP contribution in [0.2, 0.25) is 0 Å². The molecule has 0 atom stereocenters. The van der Waals surface area contributed by atoms with Gasteiger partial charge in [-0.15, -0.1) is 0 Å². The molecule has 1 aliphatic heterocycles. The predicted octanol–water partition coefficient (Wildman–Crippen LogP) is 6.51. The number of nitrogens with one attached hydrogen (secondary N) is 1. The summed E-state index contributed by atoms with van der Waals surface area (Å²) < 4.78 is 17.0. The Kier molecular flexibility index (Phi) is 8.42. The first-order valence-electron chi connectivity index (χ1n) is 13.3. The summed E-state index contributed by atoms with van der Waals surface area (Å²) in [5.74, 6) is 1.24. The Morgan fingerprint density at radius 2 is 1.78 bits per heavy atom. The maximum Gasteiger partial charge on any atom is 0.343 e. The minimum Gasteiger partial charge on any atom is -0.499 e. The van der Waals surface area contributed by atoms with Crippen LogP contribution >= 0.6 is 0 Å². The van der Waals surface area contributed by atoms with E-state index >= 15 is 0 Å². The fourth-order valence-corrected chi connectivity index (χ4v) is 4.98. The average Bonchev–Trinajstić information content (AvgIpc) is 3.30. The van der Waals surface area contributed by atoms with Crippen LogP contribution < -0.4 is 19.8 Å². The molecule has 0 spiro atoms. The van der Waals surface area contributed by atoms with Crippen molar-refractivity contribution in [3.63, 3.8) is 0 Å². The Bertz CT molecular complexity index is 1530. The van der Waals surface area contributed by atoms with Gasteiger partial charge in [-0.1, -0.05) is 30.8 Å². The number of carbonyl (C=O) groups excluding carboxylic acids is 2. The minimum atomic E-state index is -0.774. The van der Waals surface area contributed by atoms with Gasteiger partial charge in [0.1, 0.15) is 23.5 Å². The third kappa shape index (κ3) is 5.77. The maximum absolute atomic E-state index is 12.8. The van der Waals surface area contributed by atoms with Crippen LogP contribution in [0.5, 0.6) is 11.5 Å². The maximum atomic E-state index is 12.8. The van der Waals surface area contributed by atoms with Crippen molar-refractivity contribution in [1.29, 1.82) is 0 Å². The zero-order chi connectivity index (χ0) is 29.9. The van der Waals surface area contributed by atoms with Crippen LogP contribution in [0.3, 0.4) is 0 Å². The number of anilines is 2. The van der Waals surface area contributed by atoms with Crippen molar-refractivity contribution in [2.24, 2.45) is 0 Å². The standard InChI is InChI=1S/C33H37N3O5/c1-9-29(22(3)39-7)36-19-27-25(16-17-28(31(27)35(36)6)34-33(4,5)20-37)26-15-14-23(18-30(26)40-8)41-32(38)24-13-11-10-12-21(24)2/h9-18,20,34H,1,19H2,2-8H3/b29-22-. The van der Waals surface area contributed by atoms with E-state index in [1.807, 2.05) is 76.1 Å². The molecule has 214 valence electrons. The van der Waals surface area contributed by atoms with E-state index < -0.39 is 11.5 Å². The normalized spacial score (nSPS) is 13.2. The number of nitrogens with zero attached hydrogens (tertiary/aromatic N) is 2. The molecular weight excluding hydrogens is 518 g/mol. The fraction of sp³-hybridized carbons (Fsp3) is 0.273. The molecule has 0 saturated heterocycles. The van der Waals surface area contributed by atoms with Gasteiger partial charge in [0.2, 0.25) is 0 Å². The van der Waals surface area contributed by atoms with Gasteiger partial charge in [-0.2, -0.15) is 0 Å². The Labute approximate surface area is 241 Å². The number of aldehydes is 1. The van der Waals surface area contributed by atoms with Crippen LogP contribution in [0.4, 0.5) is 11.4 Å². The number of rotatable bonds is 10. The molecule has 0 radical (unpaired) electrons. The van der Waals surface area contributed by atoms with Gasteiger partial charge in [-0.3, -0.25) is 10.0 Å². The number of aryl methyl sites for hydroxylation is 1. The quantitative estimate of drug-likeness (QED) is 0.0997. The highest BCUT2D eigenvalue weighted by molar-refractivity contribution is 5.93. The monoisotopic (exact) mass is 555 g/mol. The van der Waals surface area contributed by atoms with Crippen LogP contribution in [-0.2, 0) is 16.1 Å². The largest absolute Gasteiger partial charge is 0.499 e. The van der Waals surface area contributed by atoms with E-state index in [4.69, 9.17) is 14.2 Å². The number of carbonyl (C=O) groups is 2. The van der Waals surface area contributed by atoms with Crippen molar-refractivity contribution in [2.75, 3.05) is 31.6 Å². The Hall–Kier alpha value is -4.72. The van der Waals surface area contributed by atoms with E-state index in [0.29, 0.717) is 23.6 Å². The van der Waals surface area contributed by atoms with E-state index in [2.05, 4.69) is 16.9 Å². The number of hydrazine groups is 1. The van der Waals surface area contributed by atoms with Gasteiger partial charge in [0.05, 0.1) is 48.9 Å². The van der Waals surface area contributed by atoms with Crippen LogP contribution in [0, 0.1) is 6.92 Å². The molecule has 3 aromatic rings. The van der Waals surface area contributed by atoms with Crippen molar-refractivity contribution in [3.05, 3.63) is 95.4 Å². The third-order valence-corrected chi connectivity index (χ3v) is 7.20. The van der Waals surface area contributed by atoms with E-state index in [-0.39, 0.29) is 0 Å². The molecule has 0 aliphatic carbocycles. The molecule has 1 aliphatic rings. The summed E-state index contributed by atoms with van der Waals surface area (Å²) in [6.07, 6.45) is 2.66. The molecule has 0 aromatic heterocycles. The van der Waals surface area contributed by atoms with E-state index in [1.54, 1.807) is 38.5 Å². The van der Waals surface area contributed by atoms with E-state index in [1.165, 1.54) is 0 Å². The van der Waals surface area contributed by atoms with Crippen LogP contribution in [0.15, 0.2) is 78.7 Å². The molecule has 0 unspecified atom stereocenters. The lowest BCUT2D eigenvalue weighted by Gasteiger charge is -2.32. The average molecular weight is 556 g/mol. The van der Waals surface area contributed by atoms with Crippen molar-refractivity contribution >= 4 is 23.6 Å². The molecule has 0 saturated carbocycles. The number of hydrogen-bond donors (Lipinski definition) is 1. The third-order valence-electron chi connectivity index (χ3n) is 7.20. The SMILES string of the molecule is C=C/C(=C(\C)OC)N1Cc2c(-c3ccc(OC(=O)c4ccccc4C)cc3OC)ccc(NC(C)(C)C=O)c2N1C. The number of allylic oxidation sites excluding steroid dienone is 2. The first kappa shape index (κ1) is 29.3. The minimum absolute atomic E-state index is 0.382. The number of methoxy groups -OCH3 is 2. The molecule has 8 heteroatoms. The van der Waals surface area contributed by atoms with Gasteiger partial charge in [-0.05, 0) is 69.2 Å².